The Labute approximate surface area is 69.5 Å². The molecule has 11 heavy (non-hydrogen) atoms. The molecule has 2 atom stereocenters. The van der Waals surface area contributed by atoms with Gasteiger partial charge < -0.3 is 11.1 Å². The van der Waals surface area contributed by atoms with Crippen molar-refractivity contribution >= 4 is 0 Å². The van der Waals surface area contributed by atoms with Gasteiger partial charge in [-0.05, 0) is 39.2 Å². The van der Waals surface area contributed by atoms with Crippen LogP contribution < -0.4 is 11.1 Å². The van der Waals surface area contributed by atoms with Crippen molar-refractivity contribution < 1.29 is 0 Å². The van der Waals surface area contributed by atoms with Crippen LogP contribution in [0.25, 0.3) is 0 Å². The largest absolute Gasteiger partial charge is 0.325 e. The van der Waals surface area contributed by atoms with Gasteiger partial charge in [0, 0.05) is 11.6 Å². The summed E-state index contributed by atoms with van der Waals surface area (Å²) in [5.41, 5.74) is 6.01. The van der Waals surface area contributed by atoms with E-state index in [0.717, 1.165) is 6.54 Å². The Morgan fingerprint density at radius 2 is 2.18 bits per heavy atom. The van der Waals surface area contributed by atoms with E-state index in [-0.39, 0.29) is 5.54 Å². The summed E-state index contributed by atoms with van der Waals surface area (Å²) in [4.78, 5) is 0. The van der Waals surface area contributed by atoms with Crippen LogP contribution in [0.2, 0.25) is 0 Å². The van der Waals surface area contributed by atoms with E-state index in [1.165, 1.54) is 12.8 Å². The van der Waals surface area contributed by atoms with E-state index < -0.39 is 0 Å². The monoisotopic (exact) mass is 156 g/mol. The molecule has 2 nitrogen and oxygen atoms in total. The lowest BCUT2D eigenvalue weighted by Gasteiger charge is -2.25. The Morgan fingerprint density at radius 1 is 1.55 bits per heavy atom. The summed E-state index contributed by atoms with van der Waals surface area (Å²) in [6.07, 6.45) is 2.48. The molecule has 0 radical (unpaired) electrons. The second-order valence-electron chi connectivity index (χ2n) is 4.27. The number of nitrogens with one attached hydrogen (secondary N) is 1. The Hall–Kier alpha value is -0.0800. The first-order chi connectivity index (χ1) is 5.04. The summed E-state index contributed by atoms with van der Waals surface area (Å²) in [6.45, 7) is 7.57. The summed E-state index contributed by atoms with van der Waals surface area (Å²) >= 11 is 0. The van der Waals surface area contributed by atoms with Gasteiger partial charge in [0.1, 0.15) is 0 Å². The Kier molecular flexibility index (Phi) is 2.55. The average Bonchev–Trinajstić information content (AvgIpc) is 2.32. The van der Waals surface area contributed by atoms with Gasteiger partial charge in [-0.25, -0.2) is 0 Å². The number of hydrogen-bond acceptors (Lipinski definition) is 2. The summed E-state index contributed by atoms with van der Waals surface area (Å²) in [7, 11) is 0. The van der Waals surface area contributed by atoms with Crippen LogP contribution in [-0.2, 0) is 0 Å². The first-order valence-corrected chi connectivity index (χ1v) is 4.56. The first-order valence-electron chi connectivity index (χ1n) is 4.56. The molecule has 0 bridgehead atoms. The zero-order valence-electron chi connectivity index (χ0n) is 7.85. The molecule has 1 fully saturated rings. The van der Waals surface area contributed by atoms with Crippen LogP contribution in [0.3, 0.4) is 0 Å². The standard InChI is InChI=1S/C9H20N2/c1-4-8-5-7(6-11-8)9(2,3)10/h7-8,11H,4-6,10H2,1-3H3/t7?,8-/m1/s1. The van der Waals surface area contributed by atoms with Crippen molar-refractivity contribution in [2.45, 2.75) is 45.2 Å². The topological polar surface area (TPSA) is 38.0 Å². The fourth-order valence-electron chi connectivity index (χ4n) is 1.70. The van der Waals surface area contributed by atoms with Crippen molar-refractivity contribution in [2.75, 3.05) is 6.54 Å². The smallest absolute Gasteiger partial charge is 0.0138 e. The molecular formula is C9H20N2. The van der Waals surface area contributed by atoms with E-state index in [1.807, 2.05) is 0 Å². The Bertz CT molecular complexity index is 126. The minimum atomic E-state index is -0.00306. The number of rotatable bonds is 2. The van der Waals surface area contributed by atoms with E-state index in [2.05, 4.69) is 26.1 Å². The lowest BCUT2D eigenvalue weighted by Crippen LogP contribution is -2.41. The molecule has 1 aliphatic rings. The van der Waals surface area contributed by atoms with Crippen molar-refractivity contribution in [3.8, 4) is 0 Å². The van der Waals surface area contributed by atoms with Crippen LogP contribution in [0.15, 0.2) is 0 Å². The molecule has 2 heteroatoms. The van der Waals surface area contributed by atoms with Crippen molar-refractivity contribution in [1.29, 1.82) is 0 Å². The molecular weight excluding hydrogens is 136 g/mol. The van der Waals surface area contributed by atoms with Crippen molar-refractivity contribution in [3.05, 3.63) is 0 Å². The molecule has 1 rings (SSSR count). The summed E-state index contributed by atoms with van der Waals surface area (Å²) in [5, 5.41) is 3.48. The van der Waals surface area contributed by atoms with Crippen molar-refractivity contribution in [2.24, 2.45) is 11.7 Å². The summed E-state index contributed by atoms with van der Waals surface area (Å²) < 4.78 is 0. The fraction of sp³-hybridized carbons (Fsp3) is 1.00. The predicted octanol–water partition coefficient (Wildman–Crippen LogP) is 1.11. The second kappa shape index (κ2) is 3.11. The molecule has 1 unspecified atom stereocenters. The minimum absolute atomic E-state index is 0.00306. The maximum Gasteiger partial charge on any atom is 0.0138 e. The Morgan fingerprint density at radius 3 is 2.45 bits per heavy atom. The normalized spacial score (nSPS) is 32.7. The van der Waals surface area contributed by atoms with Crippen molar-refractivity contribution in [3.63, 3.8) is 0 Å². The van der Waals surface area contributed by atoms with Crippen LogP contribution in [0.5, 0.6) is 0 Å². The van der Waals surface area contributed by atoms with Gasteiger partial charge in [0.15, 0.2) is 0 Å². The summed E-state index contributed by atoms with van der Waals surface area (Å²) in [6, 6.07) is 0.711. The molecule has 0 aliphatic carbocycles. The number of hydrogen-bond donors (Lipinski definition) is 2. The lowest BCUT2D eigenvalue weighted by molar-refractivity contribution is 0.339. The summed E-state index contributed by atoms with van der Waals surface area (Å²) in [5.74, 6) is 0.660. The van der Waals surface area contributed by atoms with Gasteiger partial charge in [0.25, 0.3) is 0 Å². The van der Waals surface area contributed by atoms with E-state index in [1.54, 1.807) is 0 Å². The number of nitrogens with two attached hydrogens (primary N) is 1. The molecule has 66 valence electrons. The third kappa shape index (κ3) is 2.17. The van der Waals surface area contributed by atoms with Gasteiger partial charge in [-0.3, -0.25) is 0 Å². The van der Waals surface area contributed by atoms with Crippen LogP contribution in [-0.4, -0.2) is 18.1 Å². The van der Waals surface area contributed by atoms with Gasteiger partial charge in [-0.2, -0.15) is 0 Å². The molecule has 0 aromatic rings. The van der Waals surface area contributed by atoms with Crippen LogP contribution in [0.1, 0.15) is 33.6 Å². The minimum Gasteiger partial charge on any atom is -0.325 e. The third-order valence-corrected chi connectivity index (χ3v) is 2.77. The highest BCUT2D eigenvalue weighted by atomic mass is 15.0. The predicted molar refractivity (Wildman–Crippen MR) is 48.5 cm³/mol. The maximum atomic E-state index is 6.02. The van der Waals surface area contributed by atoms with E-state index in [9.17, 15) is 0 Å². The molecule has 3 N–H and O–H groups in total. The van der Waals surface area contributed by atoms with E-state index in [4.69, 9.17) is 5.73 Å². The molecule has 0 spiro atoms. The molecule has 0 saturated carbocycles. The zero-order chi connectivity index (χ0) is 8.48. The first kappa shape index (κ1) is 9.01. The van der Waals surface area contributed by atoms with Gasteiger partial charge in [-0.15, -0.1) is 0 Å². The quantitative estimate of drug-likeness (QED) is 0.628. The van der Waals surface area contributed by atoms with Crippen LogP contribution in [0.4, 0.5) is 0 Å². The van der Waals surface area contributed by atoms with Gasteiger partial charge in [-0.1, -0.05) is 6.92 Å². The third-order valence-electron chi connectivity index (χ3n) is 2.77. The van der Waals surface area contributed by atoms with Gasteiger partial charge in [0.05, 0.1) is 0 Å². The maximum absolute atomic E-state index is 6.02. The highest BCUT2D eigenvalue weighted by molar-refractivity contribution is 4.91. The fourth-order valence-corrected chi connectivity index (χ4v) is 1.70. The molecule has 1 aliphatic heterocycles. The van der Waals surface area contributed by atoms with Crippen molar-refractivity contribution in [1.82, 2.24) is 5.32 Å². The molecule has 0 aromatic heterocycles. The molecule has 0 amide bonds. The highest BCUT2D eigenvalue weighted by Crippen LogP contribution is 2.24. The molecule has 0 aromatic carbocycles. The van der Waals surface area contributed by atoms with E-state index >= 15 is 0 Å². The SMILES string of the molecule is CC[C@@H]1CC(C(C)(C)N)CN1. The Balaban J connectivity index is 2.42. The van der Waals surface area contributed by atoms with Crippen LogP contribution in [0, 0.1) is 5.92 Å². The van der Waals surface area contributed by atoms with Gasteiger partial charge >= 0.3 is 0 Å². The lowest BCUT2D eigenvalue weighted by atomic mass is 9.86. The second-order valence-corrected chi connectivity index (χ2v) is 4.27. The molecule has 1 heterocycles. The average molecular weight is 156 g/mol. The zero-order valence-corrected chi connectivity index (χ0v) is 7.85. The van der Waals surface area contributed by atoms with Gasteiger partial charge in [0.2, 0.25) is 0 Å². The molecule has 1 saturated heterocycles. The van der Waals surface area contributed by atoms with Crippen LogP contribution >= 0.6 is 0 Å². The van der Waals surface area contributed by atoms with E-state index in [0.29, 0.717) is 12.0 Å². The highest BCUT2D eigenvalue weighted by Gasteiger charge is 2.31.